The molecule has 0 aromatic heterocycles. The van der Waals surface area contributed by atoms with E-state index in [9.17, 15) is 0 Å². The van der Waals surface area contributed by atoms with Crippen LogP contribution in [0, 0.1) is 0 Å². The summed E-state index contributed by atoms with van der Waals surface area (Å²) in [5, 5.41) is 0. The van der Waals surface area contributed by atoms with E-state index < -0.39 is 9.28 Å². The molecule has 0 saturated heterocycles. The minimum absolute atomic E-state index is 0.913. The normalized spacial score (nSPS) is 11.4. The number of rotatable bonds is 17. The van der Waals surface area contributed by atoms with Crippen LogP contribution in [0.2, 0.25) is 6.04 Å². The van der Waals surface area contributed by atoms with E-state index in [0.29, 0.717) is 0 Å². The van der Waals surface area contributed by atoms with Crippen molar-refractivity contribution in [2.45, 2.75) is 104 Å². The van der Waals surface area contributed by atoms with Crippen LogP contribution in [-0.4, -0.2) is 22.5 Å². The van der Waals surface area contributed by atoms with E-state index >= 15 is 0 Å². The van der Waals surface area contributed by atoms with Crippen molar-refractivity contribution in [2.75, 3.05) is 13.2 Å². The van der Waals surface area contributed by atoms with Crippen LogP contribution < -0.4 is 0 Å². The Kier molecular flexibility index (Phi) is 18.3. The van der Waals surface area contributed by atoms with Gasteiger partial charge in [-0.25, -0.2) is 0 Å². The van der Waals surface area contributed by atoms with Crippen LogP contribution in [-0.2, 0) is 8.85 Å². The molecule has 0 aliphatic heterocycles. The Bertz CT molecular complexity index is 178. The Labute approximate surface area is 135 Å². The van der Waals surface area contributed by atoms with Gasteiger partial charge in [-0.1, -0.05) is 85.0 Å². The maximum atomic E-state index is 6.01. The Morgan fingerprint density at radius 1 is 0.524 bits per heavy atom. The van der Waals surface area contributed by atoms with E-state index in [1.54, 1.807) is 0 Å². The summed E-state index contributed by atoms with van der Waals surface area (Å²) < 4.78 is 12.0. The molecule has 0 aliphatic carbocycles. The standard InChI is InChI=1S/C18H40O2Si/c1-4-7-10-11-12-13-14-15-18-21(19-16-8-5-2)20-17-9-6-3/h21H,4-18H2,1-3H3. The molecule has 0 aliphatic rings. The lowest BCUT2D eigenvalue weighted by atomic mass is 10.1. The van der Waals surface area contributed by atoms with Crippen molar-refractivity contribution in [1.82, 2.24) is 0 Å². The summed E-state index contributed by atoms with van der Waals surface area (Å²) in [6, 6.07) is 1.21. The fraction of sp³-hybridized carbons (Fsp3) is 1.00. The highest BCUT2D eigenvalue weighted by Crippen LogP contribution is 2.12. The van der Waals surface area contributed by atoms with E-state index in [1.807, 2.05) is 0 Å². The van der Waals surface area contributed by atoms with E-state index in [2.05, 4.69) is 20.8 Å². The van der Waals surface area contributed by atoms with Crippen molar-refractivity contribution in [2.24, 2.45) is 0 Å². The van der Waals surface area contributed by atoms with Gasteiger partial charge in [0.15, 0.2) is 0 Å². The van der Waals surface area contributed by atoms with Gasteiger partial charge >= 0.3 is 9.28 Å². The zero-order valence-electron chi connectivity index (χ0n) is 15.0. The molecule has 0 atom stereocenters. The molecule has 2 nitrogen and oxygen atoms in total. The topological polar surface area (TPSA) is 18.5 Å². The van der Waals surface area contributed by atoms with Gasteiger partial charge < -0.3 is 8.85 Å². The van der Waals surface area contributed by atoms with Gasteiger partial charge in [0.05, 0.1) is 0 Å². The molecule has 0 aromatic carbocycles. The third-order valence-electron chi connectivity index (χ3n) is 3.90. The number of hydrogen-bond donors (Lipinski definition) is 0. The maximum absolute atomic E-state index is 6.01. The molecule has 0 N–H and O–H groups in total. The Morgan fingerprint density at radius 3 is 1.43 bits per heavy atom. The van der Waals surface area contributed by atoms with Crippen LogP contribution >= 0.6 is 0 Å². The summed E-state index contributed by atoms with van der Waals surface area (Å²) in [5.41, 5.74) is 0. The van der Waals surface area contributed by atoms with Crippen molar-refractivity contribution >= 4 is 9.28 Å². The van der Waals surface area contributed by atoms with Gasteiger partial charge in [0, 0.05) is 13.2 Å². The lowest BCUT2D eigenvalue weighted by molar-refractivity contribution is 0.190. The average molecular weight is 317 g/mol. The molecule has 0 fully saturated rings. The zero-order valence-corrected chi connectivity index (χ0v) is 16.2. The van der Waals surface area contributed by atoms with E-state index in [1.165, 1.54) is 83.1 Å². The summed E-state index contributed by atoms with van der Waals surface area (Å²) >= 11 is 0. The quantitative estimate of drug-likeness (QED) is 0.243. The monoisotopic (exact) mass is 316 g/mol. The van der Waals surface area contributed by atoms with Gasteiger partial charge in [0.1, 0.15) is 0 Å². The highest BCUT2D eigenvalue weighted by Gasteiger charge is 2.12. The molecular formula is C18H40O2Si. The third kappa shape index (κ3) is 16.3. The summed E-state index contributed by atoms with van der Waals surface area (Å²) in [5.74, 6) is 0. The van der Waals surface area contributed by atoms with Crippen molar-refractivity contribution < 1.29 is 8.85 Å². The first-order valence-electron chi connectivity index (χ1n) is 9.58. The first-order chi connectivity index (χ1) is 10.3. The first-order valence-corrected chi connectivity index (χ1v) is 11.3. The number of hydrogen-bond acceptors (Lipinski definition) is 2. The summed E-state index contributed by atoms with van der Waals surface area (Å²) in [6.45, 7) is 8.54. The Hall–Kier alpha value is 0.137. The molecule has 0 unspecified atom stereocenters. The second kappa shape index (κ2) is 18.2. The zero-order chi connectivity index (χ0) is 15.6. The molecule has 0 heterocycles. The van der Waals surface area contributed by atoms with Crippen LogP contribution in [0.25, 0.3) is 0 Å². The summed E-state index contributed by atoms with van der Waals surface area (Å²) in [6.07, 6.45) is 15.9. The summed E-state index contributed by atoms with van der Waals surface area (Å²) in [7, 11) is -1.37. The van der Waals surface area contributed by atoms with Crippen molar-refractivity contribution in [3.63, 3.8) is 0 Å². The molecule has 0 aromatic rings. The minimum Gasteiger partial charge on any atom is -0.397 e. The molecule has 0 saturated carbocycles. The molecule has 0 spiro atoms. The second-order valence-electron chi connectivity index (χ2n) is 6.14. The molecule has 3 heteroatoms. The SMILES string of the molecule is CCCCCCCCCC[SiH](OCCCC)OCCCC. The van der Waals surface area contributed by atoms with E-state index in [4.69, 9.17) is 8.85 Å². The minimum atomic E-state index is -1.37. The van der Waals surface area contributed by atoms with Crippen LogP contribution in [0.5, 0.6) is 0 Å². The molecule has 0 radical (unpaired) electrons. The average Bonchev–Trinajstić information content (AvgIpc) is 2.49. The van der Waals surface area contributed by atoms with Gasteiger partial charge in [-0.05, 0) is 18.9 Å². The van der Waals surface area contributed by atoms with Gasteiger partial charge in [-0.15, -0.1) is 0 Å². The van der Waals surface area contributed by atoms with Crippen LogP contribution in [0.3, 0.4) is 0 Å². The smallest absolute Gasteiger partial charge is 0.321 e. The largest absolute Gasteiger partial charge is 0.397 e. The highest BCUT2D eigenvalue weighted by atomic mass is 28.3. The van der Waals surface area contributed by atoms with E-state index in [0.717, 1.165) is 13.2 Å². The highest BCUT2D eigenvalue weighted by molar-refractivity contribution is 6.44. The fourth-order valence-corrected chi connectivity index (χ4v) is 4.29. The molecule has 0 amide bonds. The molecule has 0 bridgehead atoms. The van der Waals surface area contributed by atoms with Crippen molar-refractivity contribution in [3.8, 4) is 0 Å². The number of unbranched alkanes of at least 4 members (excludes halogenated alkanes) is 9. The molecular weight excluding hydrogens is 276 g/mol. The lowest BCUT2D eigenvalue weighted by Crippen LogP contribution is -2.24. The fourth-order valence-electron chi connectivity index (χ4n) is 2.38. The van der Waals surface area contributed by atoms with Crippen molar-refractivity contribution in [1.29, 1.82) is 0 Å². The van der Waals surface area contributed by atoms with Crippen LogP contribution in [0.1, 0.15) is 97.8 Å². The molecule has 21 heavy (non-hydrogen) atoms. The van der Waals surface area contributed by atoms with Gasteiger partial charge in [0.2, 0.25) is 0 Å². The third-order valence-corrected chi connectivity index (χ3v) is 5.99. The van der Waals surface area contributed by atoms with Gasteiger partial charge in [-0.2, -0.15) is 0 Å². The van der Waals surface area contributed by atoms with Gasteiger partial charge in [-0.3, -0.25) is 0 Å². The van der Waals surface area contributed by atoms with Gasteiger partial charge in [0.25, 0.3) is 0 Å². The van der Waals surface area contributed by atoms with E-state index in [-0.39, 0.29) is 0 Å². The summed E-state index contributed by atoms with van der Waals surface area (Å²) in [4.78, 5) is 0. The van der Waals surface area contributed by atoms with Crippen molar-refractivity contribution in [3.05, 3.63) is 0 Å². The first kappa shape index (κ1) is 21.1. The maximum Gasteiger partial charge on any atom is 0.321 e. The lowest BCUT2D eigenvalue weighted by Gasteiger charge is -2.16. The predicted octanol–water partition coefficient (Wildman–Crippen LogP) is 5.98. The molecule has 128 valence electrons. The Balaban J connectivity index is 3.54. The second-order valence-corrected chi connectivity index (χ2v) is 8.24. The van der Waals surface area contributed by atoms with Crippen LogP contribution in [0.15, 0.2) is 0 Å². The molecule has 0 rings (SSSR count). The van der Waals surface area contributed by atoms with Crippen LogP contribution in [0.4, 0.5) is 0 Å². The predicted molar refractivity (Wildman–Crippen MR) is 96.3 cm³/mol. The Morgan fingerprint density at radius 2 is 0.952 bits per heavy atom.